The van der Waals surface area contributed by atoms with E-state index in [-0.39, 0.29) is 23.5 Å². The van der Waals surface area contributed by atoms with Crippen LogP contribution in [0.15, 0.2) is 47.4 Å². The number of hydrogen-bond donors (Lipinski definition) is 1. The Bertz CT molecular complexity index is 1010. The van der Waals surface area contributed by atoms with Crippen molar-refractivity contribution in [3.63, 3.8) is 0 Å². The van der Waals surface area contributed by atoms with Gasteiger partial charge in [-0.05, 0) is 57.1 Å². The number of aliphatic hydroxyl groups excluding tert-OH is 1. The molecule has 0 radical (unpaired) electrons. The van der Waals surface area contributed by atoms with E-state index in [4.69, 9.17) is 4.74 Å². The summed E-state index contributed by atoms with van der Waals surface area (Å²) in [6.07, 6.45) is 0.857. The van der Waals surface area contributed by atoms with Crippen molar-refractivity contribution in [1.29, 1.82) is 0 Å². The monoisotopic (exact) mass is 460 g/mol. The highest BCUT2D eigenvalue weighted by Gasteiger charge is 2.38. The van der Waals surface area contributed by atoms with E-state index in [1.807, 2.05) is 50.2 Å². The minimum Gasteiger partial charge on any atom is -0.487 e. The number of aryl methyl sites for hydroxylation is 1. The zero-order chi connectivity index (χ0) is 23.5. The third-order valence-corrected chi connectivity index (χ3v) is 8.17. The molecule has 1 N–H and O–H groups in total. The number of rotatable bonds is 7. The molecule has 3 rings (SSSR count). The molecule has 0 bridgehead atoms. The third-order valence-electron chi connectivity index (χ3n) is 6.15. The Morgan fingerprint density at radius 1 is 1.19 bits per heavy atom. The van der Waals surface area contributed by atoms with Gasteiger partial charge < -0.3 is 14.7 Å². The van der Waals surface area contributed by atoms with Crippen molar-refractivity contribution in [3.8, 4) is 16.9 Å². The molecule has 6 nitrogen and oxygen atoms in total. The van der Waals surface area contributed by atoms with Crippen molar-refractivity contribution >= 4 is 10.0 Å². The maximum Gasteiger partial charge on any atom is 0.247 e. The summed E-state index contributed by atoms with van der Waals surface area (Å²) >= 11 is 0. The maximum absolute atomic E-state index is 13.6. The van der Waals surface area contributed by atoms with Crippen molar-refractivity contribution in [1.82, 2.24) is 9.21 Å². The van der Waals surface area contributed by atoms with Gasteiger partial charge in [-0.15, -0.1) is 0 Å². The summed E-state index contributed by atoms with van der Waals surface area (Å²) in [6, 6.07) is 12.9. The molecule has 0 unspecified atom stereocenters. The molecule has 0 spiro atoms. The van der Waals surface area contributed by atoms with E-state index in [0.29, 0.717) is 18.8 Å². The van der Waals surface area contributed by atoms with E-state index in [1.54, 1.807) is 13.0 Å². The van der Waals surface area contributed by atoms with Crippen LogP contribution in [0.25, 0.3) is 11.1 Å². The first kappa shape index (κ1) is 24.7. The maximum atomic E-state index is 13.6. The van der Waals surface area contributed by atoms with Crippen LogP contribution in [0.4, 0.5) is 0 Å². The summed E-state index contributed by atoms with van der Waals surface area (Å²) in [5.41, 5.74) is 3.09. The van der Waals surface area contributed by atoms with Gasteiger partial charge in [0, 0.05) is 25.0 Å². The number of hydrogen-bond acceptors (Lipinski definition) is 5. The van der Waals surface area contributed by atoms with Crippen LogP contribution in [0.1, 0.15) is 32.8 Å². The van der Waals surface area contributed by atoms with Crippen molar-refractivity contribution < 1.29 is 18.3 Å². The van der Waals surface area contributed by atoms with Crippen molar-refractivity contribution in [2.45, 2.75) is 51.2 Å². The van der Waals surface area contributed by atoms with Gasteiger partial charge in [0.15, 0.2) is 0 Å². The lowest BCUT2D eigenvalue weighted by Gasteiger charge is -2.37. The molecule has 1 aliphatic rings. The second kappa shape index (κ2) is 10.3. The van der Waals surface area contributed by atoms with E-state index >= 15 is 0 Å². The van der Waals surface area contributed by atoms with Gasteiger partial charge in [0.05, 0.1) is 6.61 Å². The smallest absolute Gasteiger partial charge is 0.247 e. The molecule has 0 amide bonds. The molecule has 0 saturated heterocycles. The molecule has 0 fully saturated rings. The number of fused-ring (bicyclic) bond motifs is 1. The fourth-order valence-corrected chi connectivity index (χ4v) is 5.98. The van der Waals surface area contributed by atoms with E-state index in [1.165, 1.54) is 9.87 Å². The van der Waals surface area contributed by atoms with Crippen LogP contribution in [-0.2, 0) is 10.0 Å². The van der Waals surface area contributed by atoms with Crippen LogP contribution < -0.4 is 4.74 Å². The molecule has 32 heavy (non-hydrogen) atoms. The van der Waals surface area contributed by atoms with Crippen molar-refractivity contribution in [2.75, 3.05) is 33.3 Å². The van der Waals surface area contributed by atoms with Gasteiger partial charge in [-0.2, -0.15) is 4.31 Å². The predicted octanol–water partition coefficient (Wildman–Crippen LogP) is 3.77. The lowest BCUT2D eigenvalue weighted by atomic mass is 10.0. The Kier molecular flexibility index (Phi) is 7.98. The molecule has 0 aliphatic carbocycles. The van der Waals surface area contributed by atoms with Gasteiger partial charge in [-0.1, -0.05) is 49.7 Å². The Balaban J connectivity index is 2.10. The first-order valence-electron chi connectivity index (χ1n) is 11.4. The average molecular weight is 461 g/mol. The fourth-order valence-electron chi connectivity index (χ4n) is 4.15. The molecular formula is C25H36N2O4S. The summed E-state index contributed by atoms with van der Waals surface area (Å²) in [6.45, 7) is 9.65. The van der Waals surface area contributed by atoms with Crippen LogP contribution in [-0.4, -0.2) is 68.2 Å². The predicted molar refractivity (Wildman–Crippen MR) is 128 cm³/mol. The SMILES string of the molecule is CCCN(C)C[C@@H]1Oc2cc(-c3ccc(C)cc3)ccc2S(=O)(=O)N([C@H](C)CO)C[C@@H]1C. The molecule has 1 heterocycles. The Morgan fingerprint density at radius 2 is 1.84 bits per heavy atom. The molecule has 2 aromatic carbocycles. The number of sulfonamides is 1. The fraction of sp³-hybridized carbons (Fsp3) is 0.520. The number of likely N-dealkylation sites (N-methyl/N-ethyl adjacent to an activating group) is 1. The summed E-state index contributed by atoms with van der Waals surface area (Å²) in [7, 11) is -1.76. The summed E-state index contributed by atoms with van der Waals surface area (Å²) < 4.78 is 35.0. The lowest BCUT2D eigenvalue weighted by Crippen LogP contribution is -2.49. The lowest BCUT2D eigenvalue weighted by molar-refractivity contribution is 0.0753. The molecule has 2 aromatic rings. The molecule has 176 valence electrons. The first-order chi connectivity index (χ1) is 15.2. The molecule has 3 atom stereocenters. The van der Waals surface area contributed by atoms with Crippen molar-refractivity contribution in [2.24, 2.45) is 5.92 Å². The second-order valence-electron chi connectivity index (χ2n) is 9.03. The van der Waals surface area contributed by atoms with Crippen LogP contribution >= 0.6 is 0 Å². The van der Waals surface area contributed by atoms with Gasteiger partial charge in [0.1, 0.15) is 16.7 Å². The summed E-state index contributed by atoms with van der Waals surface area (Å²) in [5, 5.41) is 9.77. The number of aliphatic hydroxyl groups is 1. The standard InChI is InChI=1S/C25H36N2O4S/c1-6-13-26(5)16-24-19(3)15-27(20(4)17-28)32(29,30)25-12-11-22(14-23(25)31-24)21-9-7-18(2)8-10-21/h7-12,14,19-20,24,28H,6,13,15-17H2,1-5H3/t19-,20+,24-/m0/s1. The quantitative estimate of drug-likeness (QED) is 0.681. The second-order valence-corrected chi connectivity index (χ2v) is 10.9. The minimum absolute atomic E-state index is 0.0470. The Hall–Kier alpha value is -1.93. The Morgan fingerprint density at radius 3 is 2.47 bits per heavy atom. The largest absolute Gasteiger partial charge is 0.487 e. The van der Waals surface area contributed by atoms with E-state index < -0.39 is 16.1 Å². The molecule has 0 aromatic heterocycles. The topological polar surface area (TPSA) is 70.1 Å². The normalized spacial score (nSPS) is 22.0. The molecular weight excluding hydrogens is 424 g/mol. The highest BCUT2D eigenvalue weighted by atomic mass is 32.2. The van der Waals surface area contributed by atoms with Gasteiger partial charge in [-0.3, -0.25) is 0 Å². The third kappa shape index (κ3) is 5.34. The van der Waals surface area contributed by atoms with Crippen molar-refractivity contribution in [3.05, 3.63) is 48.0 Å². The minimum atomic E-state index is -3.82. The van der Waals surface area contributed by atoms with Gasteiger partial charge in [-0.25, -0.2) is 8.42 Å². The van der Waals surface area contributed by atoms with Crippen LogP contribution in [0, 0.1) is 12.8 Å². The Labute approximate surface area is 192 Å². The molecule has 0 saturated carbocycles. The number of ether oxygens (including phenoxy) is 1. The highest BCUT2D eigenvalue weighted by Crippen LogP contribution is 2.36. The van der Waals surface area contributed by atoms with E-state index in [0.717, 1.165) is 24.1 Å². The van der Waals surface area contributed by atoms with Gasteiger partial charge in [0.2, 0.25) is 10.0 Å². The zero-order valence-electron chi connectivity index (χ0n) is 19.8. The highest BCUT2D eigenvalue weighted by molar-refractivity contribution is 7.89. The summed E-state index contributed by atoms with van der Waals surface area (Å²) in [5.74, 6) is 0.328. The molecule has 7 heteroatoms. The van der Waals surface area contributed by atoms with E-state index in [2.05, 4.69) is 18.9 Å². The van der Waals surface area contributed by atoms with E-state index in [9.17, 15) is 13.5 Å². The zero-order valence-corrected chi connectivity index (χ0v) is 20.6. The summed E-state index contributed by atoms with van der Waals surface area (Å²) in [4.78, 5) is 2.38. The van der Waals surface area contributed by atoms with Crippen LogP contribution in [0.3, 0.4) is 0 Å². The van der Waals surface area contributed by atoms with Crippen LogP contribution in [0.5, 0.6) is 5.75 Å². The van der Waals surface area contributed by atoms with Gasteiger partial charge >= 0.3 is 0 Å². The number of nitrogens with zero attached hydrogens (tertiary/aromatic N) is 2. The first-order valence-corrected chi connectivity index (χ1v) is 12.8. The molecule has 1 aliphatic heterocycles. The average Bonchev–Trinajstić information content (AvgIpc) is 2.76. The van der Waals surface area contributed by atoms with Gasteiger partial charge in [0.25, 0.3) is 0 Å². The van der Waals surface area contributed by atoms with Crippen LogP contribution in [0.2, 0.25) is 0 Å². The number of benzene rings is 2.